The molecule has 1 aromatic heterocycles. The number of H-pyrrole nitrogens is 2. The van der Waals surface area contributed by atoms with Gasteiger partial charge in [-0.15, -0.1) is 0 Å². The minimum absolute atomic E-state index is 0.283. The Kier molecular flexibility index (Phi) is 2.76. The van der Waals surface area contributed by atoms with E-state index in [1.165, 1.54) is 0 Å². The lowest BCUT2D eigenvalue weighted by molar-refractivity contribution is 0.0505. The highest BCUT2D eigenvalue weighted by molar-refractivity contribution is 5.93. The van der Waals surface area contributed by atoms with Crippen LogP contribution >= 0.6 is 0 Å². The Morgan fingerprint density at radius 3 is 2.81 bits per heavy atom. The molecule has 0 aliphatic heterocycles. The van der Waals surface area contributed by atoms with E-state index >= 15 is 0 Å². The van der Waals surface area contributed by atoms with Crippen molar-refractivity contribution in [2.75, 3.05) is 6.61 Å². The van der Waals surface area contributed by atoms with Crippen LogP contribution in [-0.4, -0.2) is 22.5 Å². The Bertz CT molecular complexity index is 568. The van der Waals surface area contributed by atoms with Gasteiger partial charge in [-0.05, 0) is 24.6 Å². The van der Waals surface area contributed by atoms with Crippen molar-refractivity contribution in [2.24, 2.45) is 0 Å². The van der Waals surface area contributed by atoms with Crippen LogP contribution in [0, 0.1) is 0 Å². The van der Waals surface area contributed by atoms with Crippen molar-refractivity contribution >= 4 is 17.0 Å². The Labute approximate surface area is 91.4 Å². The van der Waals surface area contributed by atoms with Gasteiger partial charge in [0.05, 0.1) is 23.2 Å². The summed E-state index contributed by atoms with van der Waals surface area (Å²) in [6.45, 7) is 2.33. The minimum Gasteiger partial charge on any atom is -0.462 e. The van der Waals surface area contributed by atoms with Crippen molar-refractivity contribution in [2.45, 2.75) is 13.3 Å². The molecule has 2 rings (SSSR count). The number of hydrogen-bond donors (Lipinski definition) is 2. The van der Waals surface area contributed by atoms with Gasteiger partial charge >= 0.3 is 11.7 Å². The van der Waals surface area contributed by atoms with Crippen LogP contribution < -0.4 is 5.69 Å². The molecule has 0 spiro atoms. The smallest absolute Gasteiger partial charge is 0.338 e. The average molecular weight is 220 g/mol. The highest BCUT2D eigenvalue weighted by atomic mass is 16.5. The van der Waals surface area contributed by atoms with Crippen molar-refractivity contribution in [3.05, 3.63) is 34.2 Å². The number of nitrogens with one attached hydrogen (secondary N) is 2. The summed E-state index contributed by atoms with van der Waals surface area (Å²) in [5.41, 5.74) is 1.44. The van der Waals surface area contributed by atoms with Crippen LogP contribution in [0.2, 0.25) is 0 Å². The van der Waals surface area contributed by atoms with E-state index in [-0.39, 0.29) is 11.7 Å². The van der Waals surface area contributed by atoms with Gasteiger partial charge in [-0.3, -0.25) is 0 Å². The molecule has 1 heterocycles. The van der Waals surface area contributed by atoms with E-state index in [9.17, 15) is 9.59 Å². The molecule has 0 unspecified atom stereocenters. The summed E-state index contributed by atoms with van der Waals surface area (Å²) in [6.07, 6.45) is 0.787. The van der Waals surface area contributed by atoms with Gasteiger partial charge in [0.15, 0.2) is 0 Å². The standard InChI is InChI=1S/C11H12N2O3/c1-2-5-16-10(14)7-3-4-8-9(6-7)13-11(15)12-8/h3-4,6H,2,5H2,1H3,(H2,12,13,15). The molecule has 0 radical (unpaired) electrons. The molecule has 16 heavy (non-hydrogen) atoms. The number of fused-ring (bicyclic) bond motifs is 1. The molecule has 0 bridgehead atoms. The zero-order valence-electron chi connectivity index (χ0n) is 8.87. The molecule has 1 aromatic carbocycles. The largest absolute Gasteiger partial charge is 0.462 e. The lowest BCUT2D eigenvalue weighted by Gasteiger charge is -2.02. The maximum Gasteiger partial charge on any atom is 0.338 e. The fraction of sp³-hybridized carbons (Fsp3) is 0.273. The van der Waals surface area contributed by atoms with E-state index in [0.717, 1.165) is 6.42 Å². The summed E-state index contributed by atoms with van der Waals surface area (Å²) < 4.78 is 4.99. The summed E-state index contributed by atoms with van der Waals surface area (Å²) in [6, 6.07) is 4.91. The highest BCUT2D eigenvalue weighted by Crippen LogP contribution is 2.11. The van der Waals surface area contributed by atoms with Gasteiger partial charge in [-0.1, -0.05) is 6.92 Å². The van der Waals surface area contributed by atoms with Gasteiger partial charge in [0.2, 0.25) is 0 Å². The molecule has 0 saturated heterocycles. The zero-order valence-corrected chi connectivity index (χ0v) is 8.87. The maximum atomic E-state index is 11.5. The second-order valence-electron chi connectivity index (χ2n) is 3.48. The van der Waals surface area contributed by atoms with Gasteiger partial charge in [-0.25, -0.2) is 9.59 Å². The van der Waals surface area contributed by atoms with Crippen molar-refractivity contribution < 1.29 is 9.53 Å². The Morgan fingerprint density at radius 2 is 2.06 bits per heavy atom. The van der Waals surface area contributed by atoms with E-state index in [1.54, 1.807) is 18.2 Å². The molecule has 84 valence electrons. The van der Waals surface area contributed by atoms with E-state index in [0.29, 0.717) is 23.2 Å². The number of carbonyl (C=O) groups is 1. The first-order chi connectivity index (χ1) is 7.70. The molecule has 0 fully saturated rings. The summed E-state index contributed by atoms with van der Waals surface area (Å²) >= 11 is 0. The Morgan fingerprint density at radius 1 is 1.31 bits per heavy atom. The number of benzene rings is 1. The summed E-state index contributed by atoms with van der Waals surface area (Å²) in [4.78, 5) is 27.7. The predicted octanol–water partition coefficient (Wildman–Crippen LogP) is 1.42. The first-order valence-corrected chi connectivity index (χ1v) is 5.10. The maximum absolute atomic E-state index is 11.5. The first kappa shape index (κ1) is 10.5. The second-order valence-corrected chi connectivity index (χ2v) is 3.48. The number of hydrogen-bond acceptors (Lipinski definition) is 3. The third-order valence-corrected chi connectivity index (χ3v) is 2.19. The third kappa shape index (κ3) is 1.98. The fourth-order valence-corrected chi connectivity index (χ4v) is 1.44. The molecule has 2 N–H and O–H groups in total. The van der Waals surface area contributed by atoms with Crippen LogP contribution in [0.15, 0.2) is 23.0 Å². The van der Waals surface area contributed by atoms with Crippen molar-refractivity contribution in [3.8, 4) is 0 Å². The van der Waals surface area contributed by atoms with Crippen LogP contribution in [0.3, 0.4) is 0 Å². The zero-order chi connectivity index (χ0) is 11.5. The van der Waals surface area contributed by atoms with Gasteiger partial charge in [-0.2, -0.15) is 0 Å². The van der Waals surface area contributed by atoms with E-state index in [1.807, 2.05) is 6.92 Å². The van der Waals surface area contributed by atoms with Crippen molar-refractivity contribution in [3.63, 3.8) is 0 Å². The van der Waals surface area contributed by atoms with Gasteiger partial charge < -0.3 is 14.7 Å². The topological polar surface area (TPSA) is 75.0 Å². The summed E-state index contributed by atoms with van der Waals surface area (Å²) in [5.74, 6) is -0.370. The highest BCUT2D eigenvalue weighted by Gasteiger charge is 2.08. The normalized spacial score (nSPS) is 10.6. The summed E-state index contributed by atoms with van der Waals surface area (Å²) in [5, 5.41) is 0. The number of aromatic amines is 2. The first-order valence-electron chi connectivity index (χ1n) is 5.10. The Hall–Kier alpha value is -2.04. The van der Waals surface area contributed by atoms with Gasteiger partial charge in [0.1, 0.15) is 0 Å². The van der Waals surface area contributed by atoms with Gasteiger partial charge in [0, 0.05) is 0 Å². The fourth-order valence-electron chi connectivity index (χ4n) is 1.44. The minimum atomic E-state index is -0.370. The number of esters is 1. The van der Waals surface area contributed by atoms with Crippen LogP contribution in [0.1, 0.15) is 23.7 Å². The molecule has 2 aromatic rings. The molecule has 0 aliphatic rings. The van der Waals surface area contributed by atoms with Crippen LogP contribution in [0.4, 0.5) is 0 Å². The molecular weight excluding hydrogens is 208 g/mol. The quantitative estimate of drug-likeness (QED) is 0.768. The molecule has 0 atom stereocenters. The second kappa shape index (κ2) is 4.22. The van der Waals surface area contributed by atoms with Crippen LogP contribution in [0.25, 0.3) is 11.0 Å². The van der Waals surface area contributed by atoms with E-state index in [4.69, 9.17) is 4.74 Å². The molecule has 0 amide bonds. The van der Waals surface area contributed by atoms with Crippen LogP contribution in [0.5, 0.6) is 0 Å². The number of rotatable bonds is 3. The number of aromatic nitrogens is 2. The lowest BCUT2D eigenvalue weighted by atomic mass is 10.2. The lowest BCUT2D eigenvalue weighted by Crippen LogP contribution is -2.05. The average Bonchev–Trinajstić information content (AvgIpc) is 2.64. The van der Waals surface area contributed by atoms with Gasteiger partial charge in [0.25, 0.3) is 0 Å². The number of carbonyl (C=O) groups excluding carboxylic acids is 1. The molecule has 0 saturated carbocycles. The molecule has 5 nitrogen and oxygen atoms in total. The van der Waals surface area contributed by atoms with Crippen molar-refractivity contribution in [1.82, 2.24) is 9.97 Å². The third-order valence-electron chi connectivity index (χ3n) is 2.19. The summed E-state index contributed by atoms with van der Waals surface area (Å²) in [7, 11) is 0. The van der Waals surface area contributed by atoms with Crippen LogP contribution in [-0.2, 0) is 4.74 Å². The molecular formula is C11H12N2O3. The van der Waals surface area contributed by atoms with E-state index in [2.05, 4.69) is 9.97 Å². The predicted molar refractivity (Wildman–Crippen MR) is 59.5 cm³/mol. The van der Waals surface area contributed by atoms with Crippen molar-refractivity contribution in [1.29, 1.82) is 0 Å². The monoisotopic (exact) mass is 220 g/mol. The van der Waals surface area contributed by atoms with E-state index < -0.39 is 0 Å². The Balaban J connectivity index is 2.31. The number of imidazole rings is 1. The number of ether oxygens (including phenoxy) is 1. The molecule has 0 aliphatic carbocycles. The SMILES string of the molecule is CCCOC(=O)c1ccc2[nH]c(=O)[nH]c2c1. The molecule has 5 heteroatoms.